The number of nitrogens with one attached hydrogen (secondary N) is 2. The summed E-state index contributed by atoms with van der Waals surface area (Å²) in [6.45, 7) is 2.62. The van der Waals surface area contributed by atoms with E-state index >= 15 is 0 Å². The van der Waals surface area contributed by atoms with E-state index in [4.69, 9.17) is 4.74 Å². The van der Waals surface area contributed by atoms with E-state index in [9.17, 15) is 4.79 Å². The minimum absolute atomic E-state index is 0. The van der Waals surface area contributed by atoms with Crippen molar-refractivity contribution in [3.63, 3.8) is 0 Å². The monoisotopic (exact) mass is 530 g/mol. The minimum atomic E-state index is 0. The number of ether oxygens (including phenoxy) is 1. The highest BCUT2D eigenvalue weighted by molar-refractivity contribution is 14.0. The molecule has 1 amide bonds. The summed E-state index contributed by atoms with van der Waals surface area (Å²) in [4.78, 5) is 19.5. The van der Waals surface area contributed by atoms with Gasteiger partial charge in [0.25, 0.3) is 0 Å². The van der Waals surface area contributed by atoms with E-state index in [0.29, 0.717) is 35.4 Å². The second-order valence-corrected chi connectivity index (χ2v) is 10.1. The molecular weight excluding hydrogens is 491 g/mol. The molecule has 5 rings (SSSR count). The normalized spacial score (nSPS) is 35.6. The highest BCUT2D eigenvalue weighted by Crippen LogP contribution is 2.60. The van der Waals surface area contributed by atoms with Gasteiger partial charge in [-0.3, -0.25) is 9.79 Å². The van der Waals surface area contributed by atoms with Crippen molar-refractivity contribution in [1.29, 1.82) is 0 Å². The van der Waals surface area contributed by atoms with Crippen LogP contribution in [0.3, 0.4) is 0 Å². The summed E-state index contributed by atoms with van der Waals surface area (Å²) >= 11 is 0. The van der Waals surface area contributed by atoms with Crippen LogP contribution in [0.25, 0.3) is 0 Å². The molecule has 1 spiro atoms. The highest BCUT2D eigenvalue weighted by atomic mass is 127. The molecule has 2 aliphatic heterocycles. The third kappa shape index (κ3) is 3.97. The molecule has 0 aromatic rings. The van der Waals surface area contributed by atoms with E-state index in [0.717, 1.165) is 44.9 Å². The van der Waals surface area contributed by atoms with Crippen molar-refractivity contribution in [2.75, 3.05) is 26.7 Å². The van der Waals surface area contributed by atoms with Gasteiger partial charge >= 0.3 is 0 Å². The van der Waals surface area contributed by atoms with Gasteiger partial charge in [0, 0.05) is 56.1 Å². The Balaban J connectivity index is 0.00000218. The van der Waals surface area contributed by atoms with Gasteiger partial charge in [-0.2, -0.15) is 0 Å². The van der Waals surface area contributed by atoms with Gasteiger partial charge in [-0.05, 0) is 38.5 Å². The van der Waals surface area contributed by atoms with Gasteiger partial charge in [0.1, 0.15) is 0 Å². The lowest BCUT2D eigenvalue weighted by Crippen LogP contribution is -2.69. The Morgan fingerprint density at radius 3 is 2.53 bits per heavy atom. The maximum Gasteiger partial charge on any atom is 0.225 e. The lowest BCUT2D eigenvalue weighted by molar-refractivity contribution is -0.135. The molecular formula is C23H39IN4O2. The molecule has 3 saturated carbocycles. The van der Waals surface area contributed by atoms with Crippen molar-refractivity contribution < 1.29 is 9.53 Å². The van der Waals surface area contributed by atoms with Crippen LogP contribution in [0.1, 0.15) is 70.6 Å². The number of carbonyl (C=O) groups excluding carboxylic acids is 1. The standard InChI is InChI=1S/C23H38N4O2.HI/c1-24-22(26-19-18-10-14-29-20(18)23(19)11-5-6-12-23)25-17-9-13-27(15-17)21(28)16-7-3-2-4-8-16;/h16-20H,2-15H2,1H3,(H2,24,25,26);1H. The van der Waals surface area contributed by atoms with Crippen LogP contribution in [-0.4, -0.2) is 61.7 Å². The summed E-state index contributed by atoms with van der Waals surface area (Å²) in [7, 11) is 1.87. The van der Waals surface area contributed by atoms with Crippen LogP contribution in [-0.2, 0) is 9.53 Å². The number of halogens is 1. The van der Waals surface area contributed by atoms with Gasteiger partial charge in [-0.1, -0.05) is 32.1 Å². The van der Waals surface area contributed by atoms with E-state index in [2.05, 4.69) is 20.5 Å². The molecule has 30 heavy (non-hydrogen) atoms. The van der Waals surface area contributed by atoms with Crippen molar-refractivity contribution in [3.8, 4) is 0 Å². The Kier molecular flexibility index (Phi) is 7.17. The second-order valence-electron chi connectivity index (χ2n) is 10.1. The molecule has 6 nitrogen and oxygen atoms in total. The Labute approximate surface area is 198 Å². The molecule has 0 aromatic carbocycles. The van der Waals surface area contributed by atoms with Crippen LogP contribution >= 0.6 is 24.0 Å². The summed E-state index contributed by atoms with van der Waals surface area (Å²) in [5.41, 5.74) is 0.331. The number of aliphatic imine (C=N–C) groups is 1. The molecule has 170 valence electrons. The number of likely N-dealkylation sites (tertiary alicyclic amines) is 1. The number of rotatable bonds is 3. The van der Waals surface area contributed by atoms with Gasteiger partial charge in [0.05, 0.1) is 6.10 Å². The molecule has 4 unspecified atom stereocenters. The molecule has 4 atom stereocenters. The van der Waals surface area contributed by atoms with Crippen LogP contribution in [0.15, 0.2) is 4.99 Å². The predicted octanol–water partition coefficient (Wildman–Crippen LogP) is 3.30. The number of fused-ring (bicyclic) bond motifs is 2. The third-order valence-corrected chi connectivity index (χ3v) is 8.60. The van der Waals surface area contributed by atoms with Gasteiger partial charge in [0.2, 0.25) is 5.91 Å². The molecule has 0 radical (unpaired) electrons. The summed E-state index contributed by atoms with van der Waals surface area (Å²) < 4.78 is 6.12. The van der Waals surface area contributed by atoms with Gasteiger partial charge in [-0.15, -0.1) is 24.0 Å². The molecule has 2 N–H and O–H groups in total. The Hall–Kier alpha value is -0.570. The van der Waals surface area contributed by atoms with E-state index in [1.165, 1.54) is 51.4 Å². The Morgan fingerprint density at radius 2 is 1.80 bits per heavy atom. The average molecular weight is 530 g/mol. The molecule has 5 aliphatic rings. The van der Waals surface area contributed by atoms with Gasteiger partial charge in [0.15, 0.2) is 5.96 Å². The number of nitrogens with zero attached hydrogens (tertiary/aromatic N) is 2. The number of guanidine groups is 1. The van der Waals surface area contributed by atoms with Gasteiger partial charge < -0.3 is 20.3 Å². The molecule has 5 fully saturated rings. The molecule has 7 heteroatoms. The maximum absolute atomic E-state index is 12.9. The van der Waals surface area contributed by atoms with E-state index in [1.54, 1.807) is 0 Å². The van der Waals surface area contributed by atoms with E-state index < -0.39 is 0 Å². The van der Waals surface area contributed by atoms with Crippen LogP contribution in [0.5, 0.6) is 0 Å². The van der Waals surface area contributed by atoms with Crippen LogP contribution in [0, 0.1) is 17.3 Å². The smallest absolute Gasteiger partial charge is 0.225 e. The largest absolute Gasteiger partial charge is 0.377 e. The van der Waals surface area contributed by atoms with E-state index in [-0.39, 0.29) is 29.9 Å². The Morgan fingerprint density at radius 1 is 1.03 bits per heavy atom. The zero-order valence-electron chi connectivity index (χ0n) is 18.4. The lowest BCUT2D eigenvalue weighted by Gasteiger charge is -2.57. The van der Waals surface area contributed by atoms with Crippen LogP contribution in [0.2, 0.25) is 0 Å². The second kappa shape index (κ2) is 9.51. The quantitative estimate of drug-likeness (QED) is 0.334. The zero-order chi connectivity index (χ0) is 19.8. The summed E-state index contributed by atoms with van der Waals surface area (Å²) in [6, 6.07) is 0.800. The molecule has 2 saturated heterocycles. The van der Waals surface area contributed by atoms with Crippen molar-refractivity contribution >= 4 is 35.8 Å². The number of hydrogen-bond donors (Lipinski definition) is 2. The molecule has 2 heterocycles. The summed E-state index contributed by atoms with van der Waals surface area (Å²) in [5.74, 6) is 2.23. The third-order valence-electron chi connectivity index (χ3n) is 8.60. The fraction of sp³-hybridized carbons (Fsp3) is 0.913. The number of amides is 1. The zero-order valence-corrected chi connectivity index (χ0v) is 20.7. The van der Waals surface area contributed by atoms with Gasteiger partial charge in [-0.25, -0.2) is 0 Å². The summed E-state index contributed by atoms with van der Waals surface area (Å²) in [6.07, 6.45) is 13.8. The first kappa shape index (κ1) is 22.6. The highest BCUT2D eigenvalue weighted by Gasteiger charge is 2.65. The van der Waals surface area contributed by atoms with Crippen molar-refractivity contribution in [2.45, 2.75) is 88.8 Å². The first-order valence-corrected chi connectivity index (χ1v) is 12.1. The fourth-order valence-corrected chi connectivity index (χ4v) is 7.10. The van der Waals surface area contributed by atoms with Crippen molar-refractivity contribution in [3.05, 3.63) is 0 Å². The molecule has 0 aromatic heterocycles. The lowest BCUT2D eigenvalue weighted by atomic mass is 9.54. The molecule has 0 bridgehead atoms. The number of carbonyl (C=O) groups is 1. The Bertz CT molecular complexity index is 645. The first-order chi connectivity index (χ1) is 14.2. The number of hydrogen-bond acceptors (Lipinski definition) is 3. The predicted molar refractivity (Wildman–Crippen MR) is 129 cm³/mol. The average Bonchev–Trinajstić information content (AvgIpc) is 3.51. The topological polar surface area (TPSA) is 66.0 Å². The summed E-state index contributed by atoms with van der Waals surface area (Å²) in [5, 5.41) is 7.44. The maximum atomic E-state index is 12.9. The fourth-order valence-electron chi connectivity index (χ4n) is 7.10. The van der Waals surface area contributed by atoms with Crippen molar-refractivity contribution in [1.82, 2.24) is 15.5 Å². The van der Waals surface area contributed by atoms with Crippen LogP contribution < -0.4 is 10.6 Å². The first-order valence-electron chi connectivity index (χ1n) is 12.1. The SMILES string of the molecule is CN=C(NC1CCN(C(=O)C2CCCCC2)C1)NC1C2CCOC2C12CCCC2.I. The van der Waals surface area contributed by atoms with Crippen LogP contribution in [0.4, 0.5) is 0 Å². The molecule has 3 aliphatic carbocycles. The van der Waals surface area contributed by atoms with E-state index in [1.807, 2.05) is 7.05 Å². The van der Waals surface area contributed by atoms with Crippen molar-refractivity contribution in [2.24, 2.45) is 22.2 Å². The minimum Gasteiger partial charge on any atom is -0.377 e.